The average molecular weight is 407 g/mol. The van der Waals surface area contributed by atoms with Gasteiger partial charge in [-0.05, 0) is 47.9 Å². The van der Waals surface area contributed by atoms with Crippen LogP contribution >= 0.6 is 0 Å². The molecule has 0 spiro atoms. The van der Waals surface area contributed by atoms with Crippen LogP contribution in [0.15, 0.2) is 60.3 Å². The standard InChI is InChI=1S/C25H27FN2O2/c1-17-14-18(2)16-27(15-17)23-22(20-6-4-3-5-7-20)24(29)28(25(23)30)13-12-19-8-10-21(26)11-9-19/h3-11,17-18H,12-16H2,1-2H3. The fraction of sp³-hybridized carbons (Fsp3) is 0.360. The Labute approximate surface area is 177 Å². The molecular weight excluding hydrogens is 379 g/mol. The van der Waals surface area contributed by atoms with Gasteiger partial charge in [0.25, 0.3) is 11.8 Å². The first kappa shape index (κ1) is 20.3. The zero-order chi connectivity index (χ0) is 21.3. The molecule has 0 N–H and O–H groups in total. The number of halogens is 1. The molecule has 30 heavy (non-hydrogen) atoms. The molecule has 4 nitrogen and oxygen atoms in total. The van der Waals surface area contributed by atoms with Gasteiger partial charge in [0.1, 0.15) is 11.5 Å². The molecule has 2 atom stereocenters. The third kappa shape index (κ3) is 4.02. The van der Waals surface area contributed by atoms with Crippen LogP contribution in [0.4, 0.5) is 4.39 Å². The molecule has 2 aromatic carbocycles. The van der Waals surface area contributed by atoms with E-state index >= 15 is 0 Å². The molecule has 2 heterocycles. The Morgan fingerprint density at radius 1 is 0.900 bits per heavy atom. The Morgan fingerprint density at radius 3 is 2.17 bits per heavy atom. The lowest BCUT2D eigenvalue weighted by Gasteiger charge is -2.37. The lowest BCUT2D eigenvalue weighted by molar-refractivity contribution is -0.137. The number of benzene rings is 2. The molecule has 0 aromatic heterocycles. The van der Waals surface area contributed by atoms with E-state index in [1.807, 2.05) is 30.3 Å². The summed E-state index contributed by atoms with van der Waals surface area (Å²) in [6.45, 7) is 6.22. The van der Waals surface area contributed by atoms with Crippen molar-refractivity contribution in [2.45, 2.75) is 26.7 Å². The number of piperidine rings is 1. The summed E-state index contributed by atoms with van der Waals surface area (Å²) in [5, 5.41) is 0. The van der Waals surface area contributed by atoms with Gasteiger partial charge < -0.3 is 4.90 Å². The molecule has 5 heteroatoms. The van der Waals surface area contributed by atoms with Crippen molar-refractivity contribution in [3.8, 4) is 0 Å². The van der Waals surface area contributed by atoms with E-state index in [9.17, 15) is 14.0 Å². The molecule has 1 fully saturated rings. The maximum absolute atomic E-state index is 13.4. The van der Waals surface area contributed by atoms with Gasteiger partial charge in [-0.25, -0.2) is 4.39 Å². The van der Waals surface area contributed by atoms with Crippen LogP contribution in [0.3, 0.4) is 0 Å². The smallest absolute Gasteiger partial charge is 0.277 e. The van der Waals surface area contributed by atoms with Gasteiger partial charge in [-0.15, -0.1) is 0 Å². The van der Waals surface area contributed by atoms with Gasteiger partial charge in [0, 0.05) is 19.6 Å². The Hall–Kier alpha value is -2.95. The van der Waals surface area contributed by atoms with Gasteiger partial charge in [0.2, 0.25) is 0 Å². The number of amides is 2. The van der Waals surface area contributed by atoms with Gasteiger partial charge in [-0.3, -0.25) is 14.5 Å². The summed E-state index contributed by atoms with van der Waals surface area (Å²) >= 11 is 0. The predicted molar refractivity (Wildman–Crippen MR) is 115 cm³/mol. The first-order chi connectivity index (χ1) is 14.4. The highest BCUT2D eigenvalue weighted by atomic mass is 19.1. The molecule has 1 saturated heterocycles. The van der Waals surface area contributed by atoms with Crippen molar-refractivity contribution in [3.05, 3.63) is 77.2 Å². The maximum atomic E-state index is 13.4. The first-order valence-corrected chi connectivity index (χ1v) is 10.6. The SMILES string of the molecule is CC1CC(C)CN(C2=C(c3ccccc3)C(=O)N(CCc3ccc(F)cc3)C2=O)C1. The minimum atomic E-state index is -0.296. The monoisotopic (exact) mass is 406 g/mol. The van der Waals surface area contributed by atoms with Crippen molar-refractivity contribution in [1.29, 1.82) is 0 Å². The second-order valence-corrected chi connectivity index (χ2v) is 8.58. The highest BCUT2D eigenvalue weighted by molar-refractivity contribution is 6.35. The van der Waals surface area contributed by atoms with Crippen molar-refractivity contribution in [2.75, 3.05) is 19.6 Å². The molecular formula is C25H27FN2O2. The fourth-order valence-electron chi connectivity index (χ4n) is 4.66. The minimum Gasteiger partial charge on any atom is -0.366 e. The predicted octanol–water partition coefficient (Wildman–Crippen LogP) is 4.13. The van der Waals surface area contributed by atoms with Crippen molar-refractivity contribution >= 4 is 17.4 Å². The zero-order valence-electron chi connectivity index (χ0n) is 17.5. The number of rotatable bonds is 5. The number of nitrogens with zero attached hydrogens (tertiary/aromatic N) is 2. The summed E-state index contributed by atoms with van der Waals surface area (Å²) < 4.78 is 13.2. The molecule has 0 bridgehead atoms. The molecule has 2 amide bonds. The summed E-state index contributed by atoms with van der Waals surface area (Å²) in [5.41, 5.74) is 2.71. The summed E-state index contributed by atoms with van der Waals surface area (Å²) in [6.07, 6.45) is 1.63. The first-order valence-electron chi connectivity index (χ1n) is 10.6. The van der Waals surface area contributed by atoms with Crippen molar-refractivity contribution in [3.63, 3.8) is 0 Å². The Bertz CT molecular complexity index is 958. The highest BCUT2D eigenvalue weighted by Gasteiger charge is 2.42. The number of carbonyl (C=O) groups excluding carboxylic acids is 2. The van der Waals surface area contributed by atoms with Gasteiger partial charge in [-0.1, -0.05) is 56.3 Å². The number of imide groups is 1. The molecule has 2 aliphatic heterocycles. The van der Waals surface area contributed by atoms with E-state index in [1.165, 1.54) is 17.0 Å². The van der Waals surface area contributed by atoms with Crippen molar-refractivity contribution < 1.29 is 14.0 Å². The lowest BCUT2D eigenvalue weighted by atomic mass is 9.91. The third-order valence-corrected chi connectivity index (χ3v) is 5.93. The second-order valence-electron chi connectivity index (χ2n) is 8.58. The maximum Gasteiger partial charge on any atom is 0.277 e. The number of likely N-dealkylation sites (tertiary alicyclic amines) is 1. The van der Waals surface area contributed by atoms with E-state index in [1.54, 1.807) is 12.1 Å². The van der Waals surface area contributed by atoms with Crippen LogP contribution in [-0.2, 0) is 16.0 Å². The molecule has 156 valence electrons. The normalized spacial score (nSPS) is 22.2. The fourth-order valence-corrected chi connectivity index (χ4v) is 4.66. The third-order valence-electron chi connectivity index (χ3n) is 5.93. The van der Waals surface area contributed by atoms with Crippen LogP contribution in [0.5, 0.6) is 0 Å². The summed E-state index contributed by atoms with van der Waals surface area (Å²) in [6, 6.07) is 15.7. The van der Waals surface area contributed by atoms with Crippen LogP contribution in [-0.4, -0.2) is 41.2 Å². The van der Waals surface area contributed by atoms with E-state index in [2.05, 4.69) is 18.7 Å². The topological polar surface area (TPSA) is 40.6 Å². The molecule has 2 unspecified atom stereocenters. The largest absolute Gasteiger partial charge is 0.366 e. The lowest BCUT2D eigenvalue weighted by Crippen LogP contribution is -2.42. The molecule has 2 aromatic rings. The average Bonchev–Trinajstić information content (AvgIpc) is 2.97. The van der Waals surface area contributed by atoms with E-state index in [4.69, 9.17) is 0 Å². The van der Waals surface area contributed by atoms with E-state index in [0.717, 1.165) is 30.6 Å². The Morgan fingerprint density at radius 2 is 1.53 bits per heavy atom. The van der Waals surface area contributed by atoms with Gasteiger partial charge in [0.15, 0.2) is 0 Å². The van der Waals surface area contributed by atoms with Crippen LogP contribution in [0, 0.1) is 17.7 Å². The van der Waals surface area contributed by atoms with Crippen molar-refractivity contribution in [1.82, 2.24) is 9.80 Å². The molecule has 0 saturated carbocycles. The summed E-state index contributed by atoms with van der Waals surface area (Å²) in [4.78, 5) is 30.3. The summed E-state index contributed by atoms with van der Waals surface area (Å²) in [5.74, 6) is 0.177. The zero-order valence-corrected chi connectivity index (χ0v) is 17.5. The van der Waals surface area contributed by atoms with Gasteiger partial charge >= 0.3 is 0 Å². The van der Waals surface area contributed by atoms with E-state index in [-0.39, 0.29) is 24.2 Å². The number of hydrogen-bond donors (Lipinski definition) is 0. The van der Waals surface area contributed by atoms with E-state index < -0.39 is 0 Å². The van der Waals surface area contributed by atoms with Gasteiger partial charge in [-0.2, -0.15) is 0 Å². The molecule has 0 aliphatic carbocycles. The second kappa shape index (κ2) is 8.42. The highest BCUT2D eigenvalue weighted by Crippen LogP contribution is 2.35. The van der Waals surface area contributed by atoms with Gasteiger partial charge in [0.05, 0.1) is 5.57 Å². The Kier molecular flexibility index (Phi) is 5.71. The number of carbonyl (C=O) groups is 2. The van der Waals surface area contributed by atoms with Crippen LogP contribution < -0.4 is 0 Å². The Balaban J connectivity index is 1.64. The molecule has 0 radical (unpaired) electrons. The quantitative estimate of drug-likeness (QED) is 0.701. The van der Waals surface area contributed by atoms with Crippen LogP contribution in [0.1, 0.15) is 31.4 Å². The van der Waals surface area contributed by atoms with Crippen LogP contribution in [0.2, 0.25) is 0 Å². The molecule has 4 rings (SSSR count). The van der Waals surface area contributed by atoms with E-state index in [0.29, 0.717) is 29.5 Å². The molecule has 2 aliphatic rings. The number of hydrogen-bond acceptors (Lipinski definition) is 3. The van der Waals surface area contributed by atoms with Crippen LogP contribution in [0.25, 0.3) is 5.57 Å². The minimum absolute atomic E-state index is 0.220. The summed E-state index contributed by atoms with van der Waals surface area (Å²) in [7, 11) is 0. The van der Waals surface area contributed by atoms with Crippen molar-refractivity contribution in [2.24, 2.45) is 11.8 Å².